The number of hydrogen-bond acceptors (Lipinski definition) is 5. The summed E-state index contributed by atoms with van der Waals surface area (Å²) in [6.45, 7) is 0. The molecule has 0 unspecified atom stereocenters. The summed E-state index contributed by atoms with van der Waals surface area (Å²) in [6.07, 6.45) is 4.84. The van der Waals surface area contributed by atoms with Crippen LogP contribution in [-0.2, 0) is 23.9 Å². The quantitative estimate of drug-likeness (QED) is 0.550. The van der Waals surface area contributed by atoms with Gasteiger partial charge in [-0.05, 0) is 12.8 Å². The van der Waals surface area contributed by atoms with Gasteiger partial charge in [0.25, 0.3) is 0 Å². The average molecular weight is 256 g/mol. The lowest BCUT2D eigenvalue weighted by molar-refractivity contribution is -0.160. The Morgan fingerprint density at radius 3 is 1.94 bits per heavy atom. The molecule has 0 aromatic heterocycles. The molecule has 0 atom stereocenters. The SMILES string of the molecule is COC(=O)C(CC(=O)C1CCCCC1)C(=O)OC. The summed E-state index contributed by atoms with van der Waals surface area (Å²) in [7, 11) is 2.40. The molecule has 1 aliphatic carbocycles. The van der Waals surface area contributed by atoms with E-state index in [0.717, 1.165) is 32.1 Å². The summed E-state index contributed by atoms with van der Waals surface area (Å²) in [5.74, 6) is -2.57. The van der Waals surface area contributed by atoms with E-state index >= 15 is 0 Å². The molecule has 0 heterocycles. The number of carbonyl (C=O) groups is 3. The van der Waals surface area contributed by atoms with Crippen LogP contribution in [0.4, 0.5) is 0 Å². The second-order valence-corrected chi connectivity index (χ2v) is 4.60. The van der Waals surface area contributed by atoms with E-state index < -0.39 is 17.9 Å². The van der Waals surface area contributed by atoms with Crippen molar-refractivity contribution in [3.8, 4) is 0 Å². The molecule has 18 heavy (non-hydrogen) atoms. The van der Waals surface area contributed by atoms with Crippen molar-refractivity contribution in [1.82, 2.24) is 0 Å². The van der Waals surface area contributed by atoms with Crippen LogP contribution in [0.1, 0.15) is 38.5 Å². The van der Waals surface area contributed by atoms with Gasteiger partial charge in [-0.3, -0.25) is 14.4 Å². The Balaban J connectivity index is 2.61. The summed E-state index contributed by atoms with van der Waals surface area (Å²) >= 11 is 0. The second kappa shape index (κ2) is 7.13. The predicted octanol–water partition coefficient (Wildman–Crippen LogP) is 1.49. The van der Waals surface area contributed by atoms with Crippen LogP contribution >= 0.6 is 0 Å². The van der Waals surface area contributed by atoms with Crippen molar-refractivity contribution >= 4 is 17.7 Å². The number of carbonyl (C=O) groups excluding carboxylic acids is 3. The van der Waals surface area contributed by atoms with Crippen molar-refractivity contribution in [2.75, 3.05) is 14.2 Å². The third-order valence-corrected chi connectivity index (χ3v) is 3.44. The highest BCUT2D eigenvalue weighted by molar-refractivity contribution is 5.99. The van der Waals surface area contributed by atoms with Gasteiger partial charge < -0.3 is 9.47 Å². The van der Waals surface area contributed by atoms with Crippen LogP contribution in [0.5, 0.6) is 0 Å². The topological polar surface area (TPSA) is 69.7 Å². The minimum Gasteiger partial charge on any atom is -0.468 e. The minimum atomic E-state index is -1.12. The number of hydrogen-bond donors (Lipinski definition) is 0. The van der Waals surface area contributed by atoms with E-state index in [-0.39, 0.29) is 18.1 Å². The first kappa shape index (κ1) is 14.7. The molecule has 5 heteroatoms. The van der Waals surface area contributed by atoms with E-state index in [1.165, 1.54) is 14.2 Å². The van der Waals surface area contributed by atoms with Crippen molar-refractivity contribution in [2.24, 2.45) is 11.8 Å². The lowest BCUT2D eigenvalue weighted by Crippen LogP contribution is -2.31. The van der Waals surface area contributed by atoms with Gasteiger partial charge in [-0.15, -0.1) is 0 Å². The molecule has 0 aromatic carbocycles. The molecule has 0 bridgehead atoms. The van der Waals surface area contributed by atoms with Crippen molar-refractivity contribution in [2.45, 2.75) is 38.5 Å². The van der Waals surface area contributed by atoms with E-state index in [2.05, 4.69) is 9.47 Å². The monoisotopic (exact) mass is 256 g/mol. The Labute approximate surface area is 107 Å². The standard InChI is InChI=1S/C13H20O5/c1-17-12(15)10(13(16)18-2)8-11(14)9-6-4-3-5-7-9/h9-10H,3-8H2,1-2H3. The minimum absolute atomic E-state index is 0.0180. The molecule has 0 aromatic rings. The van der Waals surface area contributed by atoms with Crippen LogP contribution in [-0.4, -0.2) is 31.9 Å². The normalized spacial score (nSPS) is 16.4. The molecular formula is C13H20O5. The molecule has 0 amide bonds. The molecule has 1 aliphatic rings. The number of ketones is 1. The summed E-state index contributed by atoms with van der Waals surface area (Å²) < 4.78 is 9.06. The highest BCUT2D eigenvalue weighted by Gasteiger charge is 2.33. The maximum Gasteiger partial charge on any atom is 0.320 e. The molecule has 0 radical (unpaired) electrons. The highest BCUT2D eigenvalue weighted by atomic mass is 16.5. The average Bonchev–Trinajstić information content (AvgIpc) is 2.43. The van der Waals surface area contributed by atoms with Gasteiger partial charge in [-0.25, -0.2) is 0 Å². The summed E-state index contributed by atoms with van der Waals surface area (Å²) in [6, 6.07) is 0. The van der Waals surface area contributed by atoms with Gasteiger partial charge in [-0.1, -0.05) is 19.3 Å². The van der Waals surface area contributed by atoms with Crippen LogP contribution in [0.15, 0.2) is 0 Å². The molecule has 5 nitrogen and oxygen atoms in total. The number of methoxy groups -OCH3 is 2. The summed E-state index contributed by atoms with van der Waals surface area (Å²) in [5, 5.41) is 0. The molecule has 0 aliphatic heterocycles. The van der Waals surface area contributed by atoms with Gasteiger partial charge >= 0.3 is 11.9 Å². The van der Waals surface area contributed by atoms with Crippen LogP contribution in [0.25, 0.3) is 0 Å². The summed E-state index contributed by atoms with van der Waals surface area (Å²) in [4.78, 5) is 34.9. The van der Waals surface area contributed by atoms with Crippen molar-refractivity contribution in [1.29, 1.82) is 0 Å². The van der Waals surface area contributed by atoms with Crippen molar-refractivity contribution in [3.05, 3.63) is 0 Å². The summed E-state index contributed by atoms with van der Waals surface area (Å²) in [5.41, 5.74) is 0. The van der Waals surface area contributed by atoms with Gasteiger partial charge in [0, 0.05) is 12.3 Å². The Hall–Kier alpha value is -1.39. The molecule has 1 fully saturated rings. The van der Waals surface area contributed by atoms with Gasteiger partial charge in [0.2, 0.25) is 0 Å². The largest absolute Gasteiger partial charge is 0.468 e. The molecule has 0 saturated heterocycles. The molecule has 1 saturated carbocycles. The maximum atomic E-state index is 12.0. The fourth-order valence-corrected chi connectivity index (χ4v) is 2.34. The van der Waals surface area contributed by atoms with E-state index in [1.54, 1.807) is 0 Å². The number of rotatable bonds is 5. The van der Waals surface area contributed by atoms with Gasteiger partial charge in [0.05, 0.1) is 14.2 Å². The van der Waals surface area contributed by atoms with Crippen molar-refractivity contribution < 1.29 is 23.9 Å². The fourth-order valence-electron chi connectivity index (χ4n) is 2.34. The molecule has 0 N–H and O–H groups in total. The maximum absolute atomic E-state index is 12.0. The third kappa shape index (κ3) is 3.82. The van der Waals surface area contributed by atoms with Crippen LogP contribution in [0.3, 0.4) is 0 Å². The van der Waals surface area contributed by atoms with Gasteiger partial charge in [0.1, 0.15) is 5.78 Å². The zero-order valence-corrected chi connectivity index (χ0v) is 10.9. The van der Waals surface area contributed by atoms with Crippen molar-refractivity contribution in [3.63, 3.8) is 0 Å². The first-order valence-corrected chi connectivity index (χ1v) is 6.28. The third-order valence-electron chi connectivity index (χ3n) is 3.44. The Morgan fingerprint density at radius 2 is 1.50 bits per heavy atom. The highest BCUT2D eigenvalue weighted by Crippen LogP contribution is 2.26. The molecule has 0 spiro atoms. The molecule has 1 rings (SSSR count). The lowest BCUT2D eigenvalue weighted by Gasteiger charge is -2.21. The molecular weight excluding hydrogens is 236 g/mol. The number of esters is 2. The molecule has 102 valence electrons. The fraction of sp³-hybridized carbons (Fsp3) is 0.769. The zero-order valence-electron chi connectivity index (χ0n) is 10.9. The second-order valence-electron chi connectivity index (χ2n) is 4.60. The van der Waals surface area contributed by atoms with Gasteiger partial charge in [0.15, 0.2) is 5.92 Å². The zero-order chi connectivity index (χ0) is 13.5. The van der Waals surface area contributed by atoms with E-state index in [1.807, 2.05) is 0 Å². The van der Waals surface area contributed by atoms with Crippen LogP contribution in [0, 0.1) is 11.8 Å². The first-order valence-electron chi connectivity index (χ1n) is 6.28. The van der Waals surface area contributed by atoms with Crippen LogP contribution in [0.2, 0.25) is 0 Å². The van der Waals surface area contributed by atoms with Gasteiger partial charge in [-0.2, -0.15) is 0 Å². The van der Waals surface area contributed by atoms with E-state index in [0.29, 0.717) is 0 Å². The first-order chi connectivity index (χ1) is 8.60. The van der Waals surface area contributed by atoms with Crippen LogP contribution < -0.4 is 0 Å². The smallest absolute Gasteiger partial charge is 0.320 e. The lowest BCUT2D eigenvalue weighted by atomic mass is 9.83. The van der Waals surface area contributed by atoms with E-state index in [4.69, 9.17) is 0 Å². The van der Waals surface area contributed by atoms with E-state index in [9.17, 15) is 14.4 Å². The number of ether oxygens (including phenoxy) is 2. The Bertz CT molecular complexity index is 301. The predicted molar refractivity (Wildman–Crippen MR) is 63.7 cm³/mol. The Morgan fingerprint density at radius 1 is 1.00 bits per heavy atom. The Kier molecular flexibility index (Phi) is 5.82. The number of Topliss-reactive ketones (excluding diaryl/α,β-unsaturated/α-hetero) is 1.